The van der Waals surface area contributed by atoms with Gasteiger partial charge in [0.15, 0.2) is 0 Å². The molecule has 2 amide bonds. The van der Waals surface area contributed by atoms with Gasteiger partial charge in [-0.25, -0.2) is 4.79 Å². The molecule has 2 aromatic carbocycles. The van der Waals surface area contributed by atoms with Gasteiger partial charge in [-0.05, 0) is 38.5 Å². The van der Waals surface area contributed by atoms with Gasteiger partial charge in [-0.1, -0.05) is 41.5 Å². The second kappa shape index (κ2) is 6.51. The van der Waals surface area contributed by atoms with Crippen LogP contribution in [0.1, 0.15) is 44.3 Å². The maximum atomic E-state index is 12.5. The molecule has 0 aliphatic carbocycles. The van der Waals surface area contributed by atoms with E-state index in [1.807, 2.05) is 38.1 Å². The SMILES string of the molecule is Cc1ccc(COC(=O)C(C)N2C(=O)c3ccc(C)cc3C2=O)cc1. The first-order valence-corrected chi connectivity index (χ1v) is 8.09. The van der Waals surface area contributed by atoms with Crippen LogP contribution in [0.3, 0.4) is 0 Å². The first-order valence-electron chi connectivity index (χ1n) is 8.09. The normalized spacial score (nSPS) is 14.4. The fourth-order valence-corrected chi connectivity index (χ4v) is 2.79. The van der Waals surface area contributed by atoms with Crippen LogP contribution in [-0.2, 0) is 16.1 Å². The molecule has 0 bridgehead atoms. The van der Waals surface area contributed by atoms with Gasteiger partial charge in [0.1, 0.15) is 12.6 Å². The van der Waals surface area contributed by atoms with Crippen molar-refractivity contribution in [2.24, 2.45) is 0 Å². The lowest BCUT2D eigenvalue weighted by Crippen LogP contribution is -2.43. The van der Waals surface area contributed by atoms with Crippen LogP contribution in [0, 0.1) is 13.8 Å². The second-order valence-electron chi connectivity index (χ2n) is 6.30. The summed E-state index contributed by atoms with van der Waals surface area (Å²) in [6, 6.07) is 11.7. The van der Waals surface area contributed by atoms with Gasteiger partial charge < -0.3 is 4.74 Å². The van der Waals surface area contributed by atoms with Gasteiger partial charge in [0.2, 0.25) is 0 Å². The van der Waals surface area contributed by atoms with Gasteiger partial charge in [0.25, 0.3) is 11.8 Å². The van der Waals surface area contributed by atoms with Crippen molar-refractivity contribution >= 4 is 17.8 Å². The third kappa shape index (κ3) is 3.18. The number of esters is 1. The molecule has 1 unspecified atom stereocenters. The molecule has 1 aliphatic rings. The Morgan fingerprint density at radius 1 is 0.960 bits per heavy atom. The van der Waals surface area contributed by atoms with Crippen LogP contribution in [0.15, 0.2) is 42.5 Å². The number of ether oxygens (including phenoxy) is 1. The predicted octanol–water partition coefficient (Wildman–Crippen LogP) is 3.03. The quantitative estimate of drug-likeness (QED) is 0.635. The fourth-order valence-electron chi connectivity index (χ4n) is 2.79. The van der Waals surface area contributed by atoms with Gasteiger partial charge in [-0.2, -0.15) is 0 Å². The Morgan fingerprint density at radius 2 is 1.56 bits per heavy atom. The van der Waals surface area contributed by atoms with Crippen molar-refractivity contribution in [1.29, 1.82) is 0 Å². The Kier molecular flexibility index (Phi) is 4.40. The van der Waals surface area contributed by atoms with Crippen LogP contribution < -0.4 is 0 Å². The Hall–Kier alpha value is -2.95. The van der Waals surface area contributed by atoms with Crippen LogP contribution in [-0.4, -0.2) is 28.7 Å². The average molecular weight is 337 g/mol. The Labute approximate surface area is 146 Å². The van der Waals surface area contributed by atoms with Crippen molar-refractivity contribution in [3.05, 3.63) is 70.3 Å². The molecule has 5 heteroatoms. The number of rotatable bonds is 4. The molecule has 1 aliphatic heterocycles. The fraction of sp³-hybridized carbons (Fsp3) is 0.250. The molecule has 0 fully saturated rings. The number of fused-ring (bicyclic) bond motifs is 1. The van der Waals surface area contributed by atoms with Crippen molar-refractivity contribution in [2.75, 3.05) is 0 Å². The summed E-state index contributed by atoms with van der Waals surface area (Å²) in [5, 5.41) is 0. The van der Waals surface area contributed by atoms with E-state index < -0.39 is 23.8 Å². The number of amides is 2. The molecule has 128 valence electrons. The maximum absolute atomic E-state index is 12.5. The van der Waals surface area contributed by atoms with E-state index in [-0.39, 0.29) is 6.61 Å². The summed E-state index contributed by atoms with van der Waals surface area (Å²) in [6.07, 6.45) is 0. The monoisotopic (exact) mass is 337 g/mol. The van der Waals surface area contributed by atoms with Gasteiger partial charge in [-0.3, -0.25) is 14.5 Å². The van der Waals surface area contributed by atoms with Crippen molar-refractivity contribution in [3.63, 3.8) is 0 Å². The van der Waals surface area contributed by atoms with E-state index in [9.17, 15) is 14.4 Å². The molecule has 1 heterocycles. The van der Waals surface area contributed by atoms with Crippen LogP contribution >= 0.6 is 0 Å². The molecule has 0 saturated heterocycles. The summed E-state index contributed by atoms with van der Waals surface area (Å²) in [5.41, 5.74) is 3.52. The molecule has 0 saturated carbocycles. The van der Waals surface area contributed by atoms with Gasteiger partial charge >= 0.3 is 5.97 Å². The number of nitrogens with zero attached hydrogens (tertiary/aromatic N) is 1. The lowest BCUT2D eigenvalue weighted by molar-refractivity contribution is -0.149. The second-order valence-corrected chi connectivity index (χ2v) is 6.30. The molecule has 1 atom stereocenters. The number of imide groups is 1. The summed E-state index contributed by atoms with van der Waals surface area (Å²) >= 11 is 0. The van der Waals surface area contributed by atoms with Crippen LogP contribution in [0.5, 0.6) is 0 Å². The number of aryl methyl sites for hydroxylation is 2. The molecule has 3 rings (SSSR count). The largest absolute Gasteiger partial charge is 0.459 e. The number of hydrogen-bond donors (Lipinski definition) is 0. The smallest absolute Gasteiger partial charge is 0.329 e. The van der Waals surface area contributed by atoms with Crippen LogP contribution in [0.4, 0.5) is 0 Å². The zero-order valence-electron chi connectivity index (χ0n) is 14.4. The van der Waals surface area contributed by atoms with Gasteiger partial charge in [0.05, 0.1) is 11.1 Å². The highest BCUT2D eigenvalue weighted by atomic mass is 16.5. The topological polar surface area (TPSA) is 63.7 Å². The van der Waals surface area contributed by atoms with Crippen LogP contribution in [0.25, 0.3) is 0 Å². The average Bonchev–Trinajstić information content (AvgIpc) is 2.84. The molecular formula is C20H19NO4. The zero-order valence-corrected chi connectivity index (χ0v) is 14.4. The summed E-state index contributed by atoms with van der Waals surface area (Å²) < 4.78 is 5.28. The van der Waals surface area contributed by atoms with E-state index >= 15 is 0 Å². The molecule has 0 spiro atoms. The lowest BCUT2D eigenvalue weighted by atomic mass is 10.1. The van der Waals surface area contributed by atoms with Crippen molar-refractivity contribution < 1.29 is 19.1 Å². The number of carbonyl (C=O) groups excluding carboxylic acids is 3. The molecule has 5 nitrogen and oxygen atoms in total. The Morgan fingerprint density at radius 3 is 2.24 bits per heavy atom. The summed E-state index contributed by atoms with van der Waals surface area (Å²) in [6.45, 7) is 5.43. The third-order valence-corrected chi connectivity index (χ3v) is 4.30. The molecule has 2 aromatic rings. The summed E-state index contributed by atoms with van der Waals surface area (Å²) in [5.74, 6) is -1.52. The maximum Gasteiger partial charge on any atom is 0.329 e. The van der Waals surface area contributed by atoms with Crippen molar-refractivity contribution in [3.8, 4) is 0 Å². The molecular weight excluding hydrogens is 318 g/mol. The minimum atomic E-state index is -0.974. The van der Waals surface area contributed by atoms with E-state index in [0.29, 0.717) is 11.1 Å². The van der Waals surface area contributed by atoms with Gasteiger partial charge in [0, 0.05) is 0 Å². The molecule has 0 aromatic heterocycles. The Balaban J connectivity index is 1.71. The minimum Gasteiger partial charge on any atom is -0.459 e. The third-order valence-electron chi connectivity index (χ3n) is 4.30. The first kappa shape index (κ1) is 16.9. The van der Waals surface area contributed by atoms with Crippen molar-refractivity contribution in [1.82, 2.24) is 4.90 Å². The highest BCUT2D eigenvalue weighted by Crippen LogP contribution is 2.26. The van der Waals surface area contributed by atoms with Gasteiger partial charge in [-0.15, -0.1) is 0 Å². The van der Waals surface area contributed by atoms with Crippen molar-refractivity contribution in [2.45, 2.75) is 33.4 Å². The molecule has 25 heavy (non-hydrogen) atoms. The standard InChI is InChI=1S/C20H19NO4/c1-12-4-7-15(8-5-12)11-25-20(24)14(3)21-18(22)16-9-6-13(2)10-17(16)19(21)23/h4-10,14H,11H2,1-3H3. The Bertz CT molecular complexity index is 854. The molecule has 0 radical (unpaired) electrons. The van der Waals surface area contributed by atoms with Crippen LogP contribution in [0.2, 0.25) is 0 Å². The zero-order chi connectivity index (χ0) is 18.1. The number of benzene rings is 2. The molecule has 0 N–H and O–H groups in total. The van der Waals surface area contributed by atoms with E-state index in [1.165, 1.54) is 6.92 Å². The van der Waals surface area contributed by atoms with E-state index in [1.54, 1.807) is 18.2 Å². The highest BCUT2D eigenvalue weighted by molar-refractivity contribution is 6.22. The lowest BCUT2D eigenvalue weighted by Gasteiger charge is -2.20. The number of carbonyl (C=O) groups is 3. The van der Waals surface area contributed by atoms with E-state index in [0.717, 1.165) is 21.6 Å². The van der Waals surface area contributed by atoms with E-state index in [2.05, 4.69) is 0 Å². The predicted molar refractivity (Wildman–Crippen MR) is 92.1 cm³/mol. The summed E-state index contributed by atoms with van der Waals surface area (Å²) in [4.78, 5) is 38.3. The minimum absolute atomic E-state index is 0.103. The summed E-state index contributed by atoms with van der Waals surface area (Å²) in [7, 11) is 0. The highest BCUT2D eigenvalue weighted by Gasteiger charge is 2.41. The first-order chi connectivity index (χ1) is 11.9. The van der Waals surface area contributed by atoms with E-state index in [4.69, 9.17) is 4.74 Å². The number of hydrogen-bond acceptors (Lipinski definition) is 4.